The Bertz CT molecular complexity index is 1420. The number of hydrogen-bond donors (Lipinski definition) is 1. The lowest BCUT2D eigenvalue weighted by molar-refractivity contribution is -0.140. The van der Waals surface area contributed by atoms with Crippen LogP contribution in [0.1, 0.15) is 45.1 Å². The number of carbonyl (C=O) groups excluding carboxylic acids is 4. The van der Waals surface area contributed by atoms with Crippen molar-refractivity contribution in [1.82, 2.24) is 4.90 Å². The second-order valence-corrected chi connectivity index (χ2v) is 11.1. The van der Waals surface area contributed by atoms with E-state index in [9.17, 15) is 24.3 Å². The summed E-state index contributed by atoms with van der Waals surface area (Å²) in [4.78, 5) is 57.6. The Morgan fingerprint density at radius 2 is 1.72 bits per heavy atom. The number of nitrogens with zero attached hydrogens (tertiary/aromatic N) is 2. The van der Waals surface area contributed by atoms with Crippen molar-refractivity contribution in [2.24, 2.45) is 29.1 Å². The van der Waals surface area contributed by atoms with Crippen molar-refractivity contribution in [3.63, 3.8) is 0 Å². The molecular weight excluding hydrogens is 496 g/mol. The molecule has 8 heteroatoms. The van der Waals surface area contributed by atoms with Crippen molar-refractivity contribution >= 4 is 29.3 Å². The molecule has 2 aliphatic heterocycles. The largest absolute Gasteiger partial charge is 0.504 e. The first-order chi connectivity index (χ1) is 18.7. The number of amides is 4. The maximum atomic E-state index is 14.3. The van der Waals surface area contributed by atoms with Crippen molar-refractivity contribution in [3.8, 4) is 11.5 Å². The van der Waals surface area contributed by atoms with Crippen molar-refractivity contribution in [2.75, 3.05) is 18.1 Å². The first-order valence-corrected chi connectivity index (χ1v) is 13.7. The van der Waals surface area contributed by atoms with Gasteiger partial charge in [-0.05, 0) is 69.4 Å². The fourth-order valence-corrected chi connectivity index (χ4v) is 7.58. The molecule has 2 aromatic rings. The molecule has 6 atom stereocenters. The summed E-state index contributed by atoms with van der Waals surface area (Å²) in [7, 11) is 0. The van der Waals surface area contributed by atoms with Crippen LogP contribution in [0.25, 0.3) is 0 Å². The molecule has 39 heavy (non-hydrogen) atoms. The topological polar surface area (TPSA) is 104 Å². The molecule has 202 valence electrons. The number of para-hydroxylation sites is 1. The molecule has 2 aliphatic carbocycles. The molecule has 0 spiro atoms. The summed E-state index contributed by atoms with van der Waals surface area (Å²) >= 11 is 0. The van der Waals surface area contributed by atoms with Crippen LogP contribution in [0.3, 0.4) is 0 Å². The summed E-state index contributed by atoms with van der Waals surface area (Å²) in [5.74, 6) is -3.21. The van der Waals surface area contributed by atoms with E-state index >= 15 is 0 Å². The van der Waals surface area contributed by atoms with Gasteiger partial charge in [-0.25, -0.2) is 4.90 Å². The molecule has 6 rings (SSSR count). The van der Waals surface area contributed by atoms with E-state index in [1.165, 1.54) is 9.80 Å². The van der Waals surface area contributed by atoms with Crippen molar-refractivity contribution in [2.45, 2.75) is 39.5 Å². The number of imide groups is 2. The first-order valence-electron chi connectivity index (χ1n) is 13.7. The molecule has 8 nitrogen and oxygen atoms in total. The average molecular weight is 529 g/mol. The molecule has 2 heterocycles. The predicted octanol–water partition coefficient (Wildman–Crippen LogP) is 4.04. The monoisotopic (exact) mass is 528 g/mol. The quantitative estimate of drug-likeness (QED) is 0.464. The van der Waals surface area contributed by atoms with E-state index in [0.717, 1.165) is 11.1 Å². The van der Waals surface area contributed by atoms with Crippen LogP contribution in [0.5, 0.6) is 11.5 Å². The number of ether oxygens (including phenoxy) is 1. The smallest absolute Gasteiger partial charge is 0.241 e. The lowest BCUT2D eigenvalue weighted by Crippen LogP contribution is -2.48. The highest BCUT2D eigenvalue weighted by Gasteiger charge is 2.67. The van der Waals surface area contributed by atoms with Gasteiger partial charge in [-0.15, -0.1) is 0 Å². The lowest BCUT2D eigenvalue weighted by atomic mass is 9.51. The van der Waals surface area contributed by atoms with Gasteiger partial charge in [0, 0.05) is 12.5 Å². The van der Waals surface area contributed by atoms with Gasteiger partial charge in [0.15, 0.2) is 11.5 Å². The molecule has 1 N–H and O–H groups in total. The minimum absolute atomic E-state index is 0.0118. The third-order valence-corrected chi connectivity index (χ3v) is 9.31. The Morgan fingerprint density at radius 3 is 2.41 bits per heavy atom. The van der Waals surface area contributed by atoms with E-state index in [4.69, 9.17) is 4.74 Å². The van der Waals surface area contributed by atoms with Crippen LogP contribution in [0.2, 0.25) is 0 Å². The minimum atomic E-state index is -1.13. The van der Waals surface area contributed by atoms with Gasteiger partial charge >= 0.3 is 0 Å². The standard InChI is InChI=1S/C31H32N2O6/c1-4-32-27(35)20-13-12-19-21(25(20)29(32)37)16-22-28(36)33(18-9-7-6-8-10-18)30(38)31(22,3)26(19)17-11-14-23(34)24(15-17)39-5-2/h6-12,14-15,20-22,25-26,34H,4-5,13,16H2,1-3H3/t20-,21+,22-,25-,26-,31+/m0/s1. The zero-order valence-electron chi connectivity index (χ0n) is 22.3. The summed E-state index contributed by atoms with van der Waals surface area (Å²) in [5.41, 5.74) is 1.04. The van der Waals surface area contributed by atoms with Gasteiger partial charge in [0.1, 0.15) is 0 Å². The van der Waals surface area contributed by atoms with Crippen molar-refractivity contribution < 1.29 is 29.0 Å². The van der Waals surface area contributed by atoms with E-state index in [1.54, 1.807) is 49.4 Å². The molecule has 4 aliphatic rings. The molecular formula is C31H32N2O6. The number of likely N-dealkylation sites (tertiary alicyclic amines) is 1. The maximum absolute atomic E-state index is 14.3. The van der Waals surface area contributed by atoms with Crippen LogP contribution in [0, 0.1) is 29.1 Å². The Hall–Kier alpha value is -3.94. The zero-order valence-corrected chi connectivity index (χ0v) is 22.3. The third kappa shape index (κ3) is 3.43. The molecule has 0 bridgehead atoms. The van der Waals surface area contributed by atoms with Gasteiger partial charge < -0.3 is 9.84 Å². The van der Waals surface area contributed by atoms with Crippen LogP contribution in [0.15, 0.2) is 60.2 Å². The number of anilines is 1. The number of rotatable bonds is 5. The Morgan fingerprint density at radius 1 is 0.974 bits per heavy atom. The molecule has 1 saturated carbocycles. The van der Waals surface area contributed by atoms with Crippen molar-refractivity contribution in [3.05, 3.63) is 65.7 Å². The van der Waals surface area contributed by atoms with E-state index in [-0.39, 0.29) is 35.3 Å². The molecule has 0 radical (unpaired) electrons. The second kappa shape index (κ2) is 9.07. The minimum Gasteiger partial charge on any atom is -0.504 e. The van der Waals surface area contributed by atoms with Gasteiger partial charge in [-0.1, -0.05) is 35.9 Å². The van der Waals surface area contributed by atoms with E-state index in [2.05, 4.69) is 0 Å². The van der Waals surface area contributed by atoms with E-state index in [0.29, 0.717) is 37.4 Å². The van der Waals surface area contributed by atoms with Gasteiger partial charge in [0.25, 0.3) is 0 Å². The highest BCUT2D eigenvalue weighted by Crippen LogP contribution is 2.63. The fourth-order valence-electron chi connectivity index (χ4n) is 7.58. The number of allylic oxidation sites excluding steroid dienone is 2. The average Bonchev–Trinajstić information content (AvgIpc) is 3.29. The Labute approximate surface area is 227 Å². The van der Waals surface area contributed by atoms with Crippen LogP contribution < -0.4 is 9.64 Å². The molecule has 0 aromatic heterocycles. The number of fused-ring (bicyclic) bond motifs is 4. The number of carbonyl (C=O) groups is 4. The molecule has 3 fully saturated rings. The SMILES string of the molecule is CCOc1cc([C@H]2C3=CC[C@@H]4C(=O)N(CC)C(=O)[C@@H]4[C@@H]3C[C@H]3C(=O)N(c4ccccc4)C(=O)[C@@]23C)ccc1O. The van der Waals surface area contributed by atoms with Crippen LogP contribution >= 0.6 is 0 Å². The normalized spacial score (nSPS) is 31.7. The third-order valence-electron chi connectivity index (χ3n) is 9.31. The highest BCUT2D eigenvalue weighted by molar-refractivity contribution is 6.24. The summed E-state index contributed by atoms with van der Waals surface area (Å²) in [6, 6.07) is 14.0. The molecule has 4 amide bonds. The first kappa shape index (κ1) is 25.3. The van der Waals surface area contributed by atoms with Gasteiger partial charge in [-0.2, -0.15) is 0 Å². The van der Waals surface area contributed by atoms with E-state index < -0.39 is 29.1 Å². The maximum Gasteiger partial charge on any atom is 0.241 e. The molecule has 2 aromatic carbocycles. The van der Waals surface area contributed by atoms with Crippen LogP contribution in [-0.2, 0) is 19.2 Å². The van der Waals surface area contributed by atoms with Gasteiger partial charge in [0.2, 0.25) is 23.6 Å². The van der Waals surface area contributed by atoms with Crippen LogP contribution in [-0.4, -0.2) is 46.8 Å². The summed E-state index contributed by atoms with van der Waals surface area (Å²) < 4.78 is 5.68. The number of phenols is 1. The number of benzene rings is 2. The Kier molecular flexibility index (Phi) is 5.90. The number of aromatic hydroxyl groups is 1. The number of hydrogen-bond acceptors (Lipinski definition) is 6. The van der Waals surface area contributed by atoms with Gasteiger partial charge in [-0.3, -0.25) is 24.1 Å². The predicted molar refractivity (Wildman–Crippen MR) is 143 cm³/mol. The highest BCUT2D eigenvalue weighted by atomic mass is 16.5. The van der Waals surface area contributed by atoms with Crippen LogP contribution in [0.4, 0.5) is 5.69 Å². The summed E-state index contributed by atoms with van der Waals surface area (Å²) in [6.45, 7) is 6.13. The zero-order chi connectivity index (χ0) is 27.6. The number of phenolic OH excluding ortho intramolecular Hbond substituents is 1. The summed E-state index contributed by atoms with van der Waals surface area (Å²) in [5, 5.41) is 10.4. The van der Waals surface area contributed by atoms with Crippen molar-refractivity contribution in [1.29, 1.82) is 0 Å². The van der Waals surface area contributed by atoms with Gasteiger partial charge in [0.05, 0.1) is 35.5 Å². The molecule has 2 saturated heterocycles. The lowest BCUT2D eigenvalue weighted by Gasteiger charge is -2.49. The Balaban J connectivity index is 1.54. The van der Waals surface area contributed by atoms with E-state index in [1.807, 2.05) is 26.0 Å². The fraction of sp³-hybridized carbons (Fsp3) is 0.419. The molecule has 0 unspecified atom stereocenters. The second-order valence-electron chi connectivity index (χ2n) is 11.1. The summed E-state index contributed by atoms with van der Waals surface area (Å²) in [6.07, 6.45) is 2.76.